The van der Waals surface area contributed by atoms with Gasteiger partial charge in [-0.1, -0.05) is 45.4 Å². The maximum Gasteiger partial charge on any atom is 0.236 e. The van der Waals surface area contributed by atoms with Crippen molar-refractivity contribution in [1.29, 1.82) is 0 Å². The summed E-state index contributed by atoms with van der Waals surface area (Å²) in [4.78, 5) is 44.4. The van der Waals surface area contributed by atoms with Gasteiger partial charge in [0, 0.05) is 0 Å². The fourth-order valence-corrected chi connectivity index (χ4v) is 3.36. The molecule has 0 heterocycles. The van der Waals surface area contributed by atoms with Gasteiger partial charge >= 0.3 is 0 Å². The van der Waals surface area contributed by atoms with Gasteiger partial charge in [0.25, 0.3) is 0 Å². The highest BCUT2D eigenvalue weighted by Crippen LogP contribution is 2.10. The first kappa shape index (κ1) is 30.0. The van der Waals surface area contributed by atoms with Gasteiger partial charge in [0.1, 0.15) is 6.17 Å². The van der Waals surface area contributed by atoms with Crippen molar-refractivity contribution in [3.05, 3.63) is 0 Å². The van der Waals surface area contributed by atoms with Crippen LogP contribution in [0.4, 0.5) is 0 Å². The molecule has 1 unspecified atom stereocenters. The van der Waals surface area contributed by atoms with Crippen LogP contribution in [-0.2, 0) is 14.4 Å². The minimum Gasteiger partial charge on any atom is -0.304 e. The summed E-state index contributed by atoms with van der Waals surface area (Å²) < 4.78 is 0. The summed E-state index contributed by atoms with van der Waals surface area (Å²) in [6.07, 6.45) is 17.1. The number of hydrogen-bond donors (Lipinski definition) is 2. The fourth-order valence-electron chi connectivity index (χ4n) is 3.36. The lowest BCUT2D eigenvalue weighted by Crippen LogP contribution is -2.46. The first-order valence-electron chi connectivity index (χ1n) is 12.1. The van der Waals surface area contributed by atoms with Crippen molar-refractivity contribution in [2.75, 3.05) is 39.5 Å². The average Bonchev–Trinajstić information content (AvgIpc) is 2.80. The van der Waals surface area contributed by atoms with Crippen LogP contribution in [-0.4, -0.2) is 68.8 Å². The molecule has 1 atom stereocenters. The van der Waals surface area contributed by atoms with Crippen LogP contribution in [0.3, 0.4) is 0 Å². The Bertz CT molecular complexity index is 536. The summed E-state index contributed by atoms with van der Waals surface area (Å²) in [6.45, 7) is 6.39. The lowest BCUT2D eigenvalue weighted by Gasteiger charge is -2.28. The molecule has 0 aliphatic heterocycles. The minimum atomic E-state index is -0.165. The zero-order chi connectivity index (χ0) is 23.5. The van der Waals surface area contributed by atoms with Crippen LogP contribution in [0, 0.1) is 0 Å². The molecule has 0 bridgehead atoms. The minimum absolute atomic E-state index is 0.165. The van der Waals surface area contributed by atoms with E-state index in [-0.39, 0.29) is 6.17 Å². The Labute approximate surface area is 193 Å². The number of nitrogens with zero attached hydrogens (tertiary/aromatic N) is 4. The Morgan fingerprint density at radius 3 is 1.69 bits per heavy atom. The molecule has 9 nitrogen and oxygen atoms in total. The van der Waals surface area contributed by atoms with Crippen molar-refractivity contribution in [3.63, 3.8) is 0 Å². The summed E-state index contributed by atoms with van der Waals surface area (Å²) >= 11 is 0. The van der Waals surface area contributed by atoms with Gasteiger partial charge in [0.15, 0.2) is 0 Å². The summed E-state index contributed by atoms with van der Waals surface area (Å²) in [5.41, 5.74) is 0. The summed E-state index contributed by atoms with van der Waals surface area (Å²) in [5, 5.41) is 6.93. The predicted molar refractivity (Wildman–Crippen MR) is 127 cm³/mol. The molecule has 0 rings (SSSR count). The third-order valence-corrected chi connectivity index (χ3v) is 5.19. The zero-order valence-corrected chi connectivity index (χ0v) is 19.8. The van der Waals surface area contributed by atoms with E-state index in [0.717, 1.165) is 90.1 Å². The molecule has 0 saturated heterocycles. The average molecular weight is 451 g/mol. The second-order valence-electron chi connectivity index (χ2n) is 7.88. The first-order chi connectivity index (χ1) is 15.8. The molecule has 32 heavy (non-hydrogen) atoms. The van der Waals surface area contributed by atoms with Crippen LogP contribution in [0.2, 0.25) is 0 Å². The molecule has 0 radical (unpaired) electrons. The largest absolute Gasteiger partial charge is 0.304 e. The van der Waals surface area contributed by atoms with Crippen molar-refractivity contribution in [2.24, 2.45) is 15.0 Å². The Kier molecular flexibility index (Phi) is 23.7. The number of nitrogens with one attached hydrogen (secondary N) is 2. The highest BCUT2D eigenvalue weighted by molar-refractivity contribution is 5.33. The van der Waals surface area contributed by atoms with Crippen molar-refractivity contribution >= 4 is 18.2 Å². The van der Waals surface area contributed by atoms with E-state index in [4.69, 9.17) is 0 Å². The zero-order valence-electron chi connectivity index (χ0n) is 19.8. The van der Waals surface area contributed by atoms with Crippen LogP contribution < -0.4 is 10.6 Å². The fraction of sp³-hybridized carbons (Fsp3) is 0.870. The molecular formula is C23H42N6O3. The van der Waals surface area contributed by atoms with E-state index in [1.54, 1.807) is 18.2 Å². The Hall–Kier alpha value is -1.98. The molecule has 2 N–H and O–H groups in total. The number of aliphatic imine (C=N–C) groups is 3. The number of unbranched alkanes of at least 4 members (excludes halogenated alkanes) is 8. The van der Waals surface area contributed by atoms with Gasteiger partial charge in [-0.05, 0) is 51.6 Å². The molecule has 0 aliphatic carbocycles. The number of hydrogen-bond acceptors (Lipinski definition) is 9. The van der Waals surface area contributed by atoms with Crippen LogP contribution in [0.1, 0.15) is 84.0 Å². The molecule has 0 saturated carbocycles. The predicted octanol–water partition coefficient (Wildman–Crippen LogP) is 3.42. The SMILES string of the molecule is CCCCCC(N=C=O)N(CNCCCCCCN=C=O)CNCCCCCCN=C=O. The van der Waals surface area contributed by atoms with Crippen molar-refractivity contribution in [2.45, 2.75) is 90.1 Å². The van der Waals surface area contributed by atoms with E-state index in [1.165, 1.54) is 0 Å². The van der Waals surface area contributed by atoms with E-state index >= 15 is 0 Å². The van der Waals surface area contributed by atoms with E-state index < -0.39 is 0 Å². The van der Waals surface area contributed by atoms with Crippen molar-refractivity contribution in [3.8, 4) is 0 Å². The normalized spacial score (nSPS) is 11.4. The molecule has 0 fully saturated rings. The Morgan fingerprint density at radius 2 is 1.22 bits per heavy atom. The van der Waals surface area contributed by atoms with Crippen LogP contribution in [0.15, 0.2) is 15.0 Å². The van der Waals surface area contributed by atoms with Crippen LogP contribution in [0.5, 0.6) is 0 Å². The maximum absolute atomic E-state index is 11.0. The highest BCUT2D eigenvalue weighted by atomic mass is 16.1. The summed E-state index contributed by atoms with van der Waals surface area (Å²) in [7, 11) is 0. The lowest BCUT2D eigenvalue weighted by atomic mass is 10.1. The molecule has 0 aromatic carbocycles. The van der Waals surface area contributed by atoms with Gasteiger partial charge < -0.3 is 10.6 Å². The van der Waals surface area contributed by atoms with Gasteiger partial charge in [0.05, 0.1) is 26.4 Å². The molecule has 0 aliphatic rings. The molecule has 9 heteroatoms. The number of carbonyl (C=O) groups excluding carboxylic acids is 3. The van der Waals surface area contributed by atoms with Gasteiger partial charge in [-0.25, -0.2) is 24.4 Å². The summed E-state index contributed by atoms with van der Waals surface area (Å²) in [6, 6.07) is 0. The van der Waals surface area contributed by atoms with E-state index in [0.29, 0.717) is 26.4 Å². The second kappa shape index (κ2) is 25.3. The van der Waals surface area contributed by atoms with Crippen molar-refractivity contribution in [1.82, 2.24) is 15.5 Å². The first-order valence-corrected chi connectivity index (χ1v) is 12.1. The standard InChI is InChI=1S/C23H42N6O3/c1-2-3-8-13-23(28-22-32)29(18-24-14-9-4-6-11-16-26-20-30)19-25-15-10-5-7-12-17-27-21-31/h23-25H,2-19H2,1H3. The molecule has 0 amide bonds. The van der Waals surface area contributed by atoms with Gasteiger partial charge in [-0.3, -0.25) is 4.90 Å². The molecule has 0 spiro atoms. The highest BCUT2D eigenvalue weighted by Gasteiger charge is 2.16. The molecular weight excluding hydrogens is 408 g/mol. The quantitative estimate of drug-likeness (QED) is 0.101. The van der Waals surface area contributed by atoms with Crippen molar-refractivity contribution < 1.29 is 14.4 Å². The van der Waals surface area contributed by atoms with Crippen LogP contribution in [0.25, 0.3) is 0 Å². The monoisotopic (exact) mass is 450 g/mol. The van der Waals surface area contributed by atoms with E-state index in [1.807, 2.05) is 0 Å². The Balaban J connectivity index is 4.30. The molecule has 0 aromatic heterocycles. The third kappa shape index (κ3) is 20.0. The third-order valence-electron chi connectivity index (χ3n) is 5.19. The number of isocyanates is 3. The maximum atomic E-state index is 11.0. The van der Waals surface area contributed by atoms with E-state index in [2.05, 4.69) is 37.4 Å². The van der Waals surface area contributed by atoms with E-state index in [9.17, 15) is 14.4 Å². The summed E-state index contributed by atoms with van der Waals surface area (Å²) in [5.74, 6) is 0. The smallest absolute Gasteiger partial charge is 0.236 e. The lowest BCUT2D eigenvalue weighted by molar-refractivity contribution is 0.160. The second-order valence-corrected chi connectivity index (χ2v) is 7.88. The van der Waals surface area contributed by atoms with Gasteiger partial charge in [0.2, 0.25) is 18.2 Å². The van der Waals surface area contributed by atoms with Crippen LogP contribution >= 0.6 is 0 Å². The van der Waals surface area contributed by atoms with Gasteiger partial charge in [-0.2, -0.15) is 4.99 Å². The molecule has 182 valence electrons. The topological polar surface area (TPSA) is 116 Å². The Morgan fingerprint density at radius 1 is 0.688 bits per heavy atom. The van der Waals surface area contributed by atoms with Gasteiger partial charge in [-0.15, -0.1) is 0 Å². The number of rotatable bonds is 24. The molecule has 0 aromatic rings.